The molecular formula is C8H12O. The Morgan fingerprint density at radius 3 is 2.00 bits per heavy atom. The quantitative estimate of drug-likeness (QED) is 0.482. The zero-order valence-electron chi connectivity index (χ0n) is 6.14. The Bertz CT molecular complexity index is 147. The van der Waals surface area contributed by atoms with Crippen molar-refractivity contribution in [1.29, 1.82) is 0 Å². The van der Waals surface area contributed by atoms with Crippen molar-refractivity contribution in [3.05, 3.63) is 23.7 Å². The third-order valence-corrected chi connectivity index (χ3v) is 1.87. The van der Waals surface area contributed by atoms with E-state index in [1.165, 1.54) is 11.1 Å². The minimum atomic E-state index is 0.568. The van der Waals surface area contributed by atoms with Crippen molar-refractivity contribution in [2.75, 3.05) is 0 Å². The Kier molecular flexibility index (Phi) is 1.60. The molecule has 0 radical (unpaired) electrons. The van der Waals surface area contributed by atoms with Gasteiger partial charge in [0.15, 0.2) is 0 Å². The summed E-state index contributed by atoms with van der Waals surface area (Å²) in [7, 11) is 0. The molecule has 1 nitrogen and oxygen atoms in total. The van der Waals surface area contributed by atoms with Gasteiger partial charge in [0.2, 0.25) is 0 Å². The second-order valence-electron chi connectivity index (χ2n) is 2.58. The second-order valence-corrected chi connectivity index (χ2v) is 2.58. The number of hydrogen-bond acceptors (Lipinski definition) is 1. The van der Waals surface area contributed by atoms with E-state index in [2.05, 4.69) is 20.8 Å². The van der Waals surface area contributed by atoms with E-state index >= 15 is 0 Å². The van der Waals surface area contributed by atoms with Crippen molar-refractivity contribution >= 4 is 0 Å². The van der Waals surface area contributed by atoms with Gasteiger partial charge < -0.3 is 4.74 Å². The highest BCUT2D eigenvalue weighted by Gasteiger charge is 2.09. The van der Waals surface area contributed by atoms with Crippen LogP contribution in [0, 0.1) is 5.92 Å². The second kappa shape index (κ2) is 2.26. The van der Waals surface area contributed by atoms with Crippen LogP contribution in [0.25, 0.3) is 0 Å². The summed E-state index contributed by atoms with van der Waals surface area (Å²) in [5.41, 5.74) is 2.60. The smallest absolute Gasteiger partial charge is 0.0896 e. The van der Waals surface area contributed by atoms with Crippen molar-refractivity contribution in [1.82, 2.24) is 0 Å². The van der Waals surface area contributed by atoms with Crippen LogP contribution in [0.3, 0.4) is 0 Å². The summed E-state index contributed by atoms with van der Waals surface area (Å²) in [6.07, 6.45) is 3.61. The fraction of sp³-hybridized carbons (Fsp3) is 0.500. The highest BCUT2D eigenvalue weighted by atomic mass is 16.5. The molecule has 9 heavy (non-hydrogen) atoms. The van der Waals surface area contributed by atoms with E-state index in [0.717, 1.165) is 0 Å². The van der Waals surface area contributed by atoms with Crippen LogP contribution in [-0.4, -0.2) is 0 Å². The molecule has 0 aliphatic carbocycles. The molecule has 0 aromatic rings. The first kappa shape index (κ1) is 6.40. The molecule has 0 spiro atoms. The first-order valence-corrected chi connectivity index (χ1v) is 3.20. The van der Waals surface area contributed by atoms with Gasteiger partial charge in [0.25, 0.3) is 0 Å². The summed E-state index contributed by atoms with van der Waals surface area (Å²) in [6, 6.07) is 0. The van der Waals surface area contributed by atoms with E-state index < -0.39 is 0 Å². The molecular weight excluding hydrogens is 112 g/mol. The Morgan fingerprint density at radius 2 is 1.67 bits per heavy atom. The molecule has 0 amide bonds. The van der Waals surface area contributed by atoms with Gasteiger partial charge >= 0.3 is 0 Å². The van der Waals surface area contributed by atoms with Crippen LogP contribution in [0.4, 0.5) is 0 Å². The molecule has 0 saturated carbocycles. The standard InChI is InChI=1S/C8H12O/c1-6-4-9-5-7(2)8(6)3/h4-5,8H,1-3H3. The maximum atomic E-state index is 5.04. The number of hydrogen-bond donors (Lipinski definition) is 0. The van der Waals surface area contributed by atoms with Crippen LogP contribution < -0.4 is 0 Å². The van der Waals surface area contributed by atoms with Gasteiger partial charge in [-0.05, 0) is 25.0 Å². The third-order valence-electron chi connectivity index (χ3n) is 1.87. The zero-order chi connectivity index (χ0) is 6.85. The highest BCUT2D eigenvalue weighted by molar-refractivity contribution is 5.17. The lowest BCUT2D eigenvalue weighted by Crippen LogP contribution is -2.02. The van der Waals surface area contributed by atoms with Crippen LogP contribution in [0.15, 0.2) is 23.7 Å². The fourth-order valence-corrected chi connectivity index (χ4v) is 0.812. The summed E-state index contributed by atoms with van der Waals surface area (Å²) < 4.78 is 5.04. The van der Waals surface area contributed by atoms with E-state index in [9.17, 15) is 0 Å². The van der Waals surface area contributed by atoms with E-state index in [4.69, 9.17) is 4.74 Å². The summed E-state index contributed by atoms with van der Waals surface area (Å²) in [5, 5.41) is 0. The molecule has 0 N–H and O–H groups in total. The molecule has 1 heteroatoms. The molecule has 1 aliphatic heterocycles. The highest BCUT2D eigenvalue weighted by Crippen LogP contribution is 2.22. The van der Waals surface area contributed by atoms with Gasteiger partial charge in [-0.1, -0.05) is 6.92 Å². The molecule has 1 heterocycles. The van der Waals surface area contributed by atoms with Crippen molar-refractivity contribution in [3.8, 4) is 0 Å². The summed E-state index contributed by atoms with van der Waals surface area (Å²) >= 11 is 0. The minimum absolute atomic E-state index is 0.568. The average molecular weight is 124 g/mol. The Hall–Kier alpha value is -0.720. The van der Waals surface area contributed by atoms with E-state index in [0.29, 0.717) is 5.92 Å². The van der Waals surface area contributed by atoms with Gasteiger partial charge in [-0.15, -0.1) is 0 Å². The summed E-state index contributed by atoms with van der Waals surface area (Å²) in [5.74, 6) is 0.568. The van der Waals surface area contributed by atoms with Gasteiger partial charge in [-0.25, -0.2) is 0 Å². The van der Waals surface area contributed by atoms with Crippen molar-refractivity contribution in [2.24, 2.45) is 5.92 Å². The number of rotatable bonds is 0. The molecule has 50 valence electrons. The minimum Gasteiger partial charge on any atom is -0.473 e. The Balaban J connectivity index is 2.74. The molecule has 1 aliphatic rings. The Labute approximate surface area is 56.0 Å². The molecule has 0 saturated heterocycles. The molecule has 0 atom stereocenters. The van der Waals surface area contributed by atoms with E-state index in [1.807, 2.05) is 0 Å². The third kappa shape index (κ3) is 1.15. The molecule has 0 aromatic carbocycles. The van der Waals surface area contributed by atoms with Gasteiger partial charge in [0.1, 0.15) is 0 Å². The van der Waals surface area contributed by atoms with Crippen LogP contribution in [-0.2, 0) is 4.74 Å². The predicted molar refractivity (Wildman–Crippen MR) is 37.8 cm³/mol. The van der Waals surface area contributed by atoms with Gasteiger partial charge in [0, 0.05) is 5.92 Å². The van der Waals surface area contributed by atoms with Crippen LogP contribution >= 0.6 is 0 Å². The average Bonchev–Trinajstić information content (AvgIpc) is 1.83. The lowest BCUT2D eigenvalue weighted by molar-refractivity contribution is 0.369. The van der Waals surface area contributed by atoms with E-state index in [-0.39, 0.29) is 0 Å². The summed E-state index contributed by atoms with van der Waals surface area (Å²) in [4.78, 5) is 0. The topological polar surface area (TPSA) is 9.23 Å². The lowest BCUT2D eigenvalue weighted by atomic mass is 9.96. The van der Waals surface area contributed by atoms with E-state index in [1.54, 1.807) is 12.5 Å². The normalized spacial score (nSPS) is 20.3. The van der Waals surface area contributed by atoms with Crippen molar-refractivity contribution in [3.63, 3.8) is 0 Å². The lowest BCUT2D eigenvalue weighted by Gasteiger charge is -2.16. The first-order chi connectivity index (χ1) is 4.22. The van der Waals surface area contributed by atoms with Crippen LogP contribution in [0.1, 0.15) is 20.8 Å². The van der Waals surface area contributed by atoms with Crippen LogP contribution in [0.2, 0.25) is 0 Å². The zero-order valence-corrected chi connectivity index (χ0v) is 6.14. The van der Waals surface area contributed by atoms with Gasteiger partial charge in [-0.3, -0.25) is 0 Å². The molecule has 1 rings (SSSR count). The van der Waals surface area contributed by atoms with Gasteiger partial charge in [0.05, 0.1) is 12.5 Å². The van der Waals surface area contributed by atoms with Gasteiger partial charge in [-0.2, -0.15) is 0 Å². The maximum Gasteiger partial charge on any atom is 0.0896 e. The predicted octanol–water partition coefficient (Wildman–Crippen LogP) is 2.46. The fourth-order valence-electron chi connectivity index (χ4n) is 0.812. The number of ether oxygens (including phenoxy) is 1. The Morgan fingerprint density at radius 1 is 1.22 bits per heavy atom. The van der Waals surface area contributed by atoms with Crippen LogP contribution in [0.5, 0.6) is 0 Å². The largest absolute Gasteiger partial charge is 0.473 e. The molecule has 0 unspecified atom stereocenters. The van der Waals surface area contributed by atoms with Crippen molar-refractivity contribution in [2.45, 2.75) is 20.8 Å². The molecule has 0 fully saturated rings. The number of allylic oxidation sites excluding steroid dienone is 2. The summed E-state index contributed by atoms with van der Waals surface area (Å²) in [6.45, 7) is 6.35. The SMILES string of the molecule is CC1=COC=C(C)C1C. The maximum absolute atomic E-state index is 5.04. The molecule has 0 bridgehead atoms. The monoisotopic (exact) mass is 124 g/mol. The van der Waals surface area contributed by atoms with Crippen molar-refractivity contribution < 1.29 is 4.74 Å². The molecule has 0 aromatic heterocycles. The first-order valence-electron chi connectivity index (χ1n) is 3.20.